The summed E-state index contributed by atoms with van der Waals surface area (Å²) in [5, 5.41) is 3.63. The molecule has 1 saturated heterocycles. The molecular weight excluding hydrogens is 316 g/mol. The molecule has 2 aliphatic rings. The molecule has 2 fully saturated rings. The van der Waals surface area contributed by atoms with E-state index in [2.05, 4.69) is 5.32 Å². The van der Waals surface area contributed by atoms with Crippen molar-refractivity contribution in [3.05, 3.63) is 29.3 Å². The summed E-state index contributed by atoms with van der Waals surface area (Å²) in [4.78, 5) is 14.2. The van der Waals surface area contributed by atoms with Gasteiger partial charge in [0.2, 0.25) is 0 Å². The van der Waals surface area contributed by atoms with Crippen molar-refractivity contribution < 1.29 is 14.3 Å². The van der Waals surface area contributed by atoms with Crippen LogP contribution in [-0.2, 0) is 4.74 Å². The van der Waals surface area contributed by atoms with Gasteiger partial charge < -0.3 is 19.7 Å². The second kappa shape index (κ2) is 6.97. The van der Waals surface area contributed by atoms with Gasteiger partial charge in [0.05, 0.1) is 25.3 Å². The molecule has 3 rings (SSSR count). The average Bonchev–Trinajstić information content (AvgIpc) is 2.53. The quantitative estimate of drug-likeness (QED) is 0.918. The van der Waals surface area contributed by atoms with E-state index in [-0.39, 0.29) is 17.7 Å². The monoisotopic (exact) mass is 338 g/mol. The van der Waals surface area contributed by atoms with Crippen LogP contribution in [0, 0.1) is 0 Å². The molecule has 0 aromatic heterocycles. The second-order valence-electron chi connectivity index (χ2n) is 6.38. The number of benzene rings is 1. The highest BCUT2D eigenvalue weighted by Crippen LogP contribution is 2.38. The zero-order valence-electron chi connectivity index (χ0n) is 13.4. The molecule has 1 aromatic rings. The van der Waals surface area contributed by atoms with E-state index in [4.69, 9.17) is 21.1 Å². The molecular formula is C17H23ClN2O3. The number of nitrogens with zero attached hydrogens (tertiary/aromatic N) is 1. The summed E-state index contributed by atoms with van der Waals surface area (Å²) in [5.41, 5.74) is -0.0684. The van der Waals surface area contributed by atoms with E-state index in [1.807, 2.05) is 24.0 Å². The Kier molecular flexibility index (Phi) is 4.97. The Balaban J connectivity index is 1.43. The highest BCUT2D eigenvalue weighted by Gasteiger charge is 2.43. The van der Waals surface area contributed by atoms with E-state index in [1.165, 1.54) is 6.42 Å². The fourth-order valence-corrected chi connectivity index (χ4v) is 3.15. The van der Waals surface area contributed by atoms with E-state index < -0.39 is 0 Å². The van der Waals surface area contributed by atoms with Gasteiger partial charge in [-0.2, -0.15) is 0 Å². The number of amides is 2. The van der Waals surface area contributed by atoms with Crippen molar-refractivity contribution in [2.45, 2.75) is 37.9 Å². The summed E-state index contributed by atoms with van der Waals surface area (Å²) in [5.74, 6) is 0.746. The Labute approximate surface area is 141 Å². The van der Waals surface area contributed by atoms with E-state index in [0.29, 0.717) is 31.3 Å². The van der Waals surface area contributed by atoms with Gasteiger partial charge >= 0.3 is 6.03 Å². The van der Waals surface area contributed by atoms with Gasteiger partial charge in [-0.15, -0.1) is 0 Å². The minimum atomic E-state index is -0.112. The number of halogens is 1. The molecule has 1 N–H and O–H groups in total. The van der Waals surface area contributed by atoms with E-state index >= 15 is 0 Å². The second-order valence-corrected chi connectivity index (χ2v) is 6.81. The van der Waals surface area contributed by atoms with Crippen LogP contribution in [0.25, 0.3) is 0 Å². The van der Waals surface area contributed by atoms with Crippen LogP contribution in [0.2, 0.25) is 5.02 Å². The highest BCUT2D eigenvalue weighted by molar-refractivity contribution is 6.30. The first-order chi connectivity index (χ1) is 11.1. The average molecular weight is 339 g/mol. The molecule has 1 heterocycles. The van der Waals surface area contributed by atoms with Crippen molar-refractivity contribution in [3.63, 3.8) is 0 Å². The van der Waals surface area contributed by atoms with Crippen molar-refractivity contribution in [1.82, 2.24) is 10.2 Å². The molecule has 1 saturated carbocycles. The Morgan fingerprint density at radius 1 is 1.43 bits per heavy atom. The number of ether oxygens (including phenoxy) is 2. The molecule has 0 bridgehead atoms. The van der Waals surface area contributed by atoms with Gasteiger partial charge in [0, 0.05) is 11.6 Å². The summed E-state index contributed by atoms with van der Waals surface area (Å²) in [7, 11) is 0. The van der Waals surface area contributed by atoms with Crippen LogP contribution >= 0.6 is 11.6 Å². The van der Waals surface area contributed by atoms with Crippen LogP contribution in [0.1, 0.15) is 26.2 Å². The first kappa shape index (κ1) is 16.4. The predicted octanol–water partition coefficient (Wildman–Crippen LogP) is 3.07. The Bertz CT molecular complexity index is 545. The molecule has 0 unspecified atom stereocenters. The molecule has 1 spiro atoms. The third kappa shape index (κ3) is 4.09. The summed E-state index contributed by atoms with van der Waals surface area (Å²) < 4.78 is 11.6. The first-order valence-corrected chi connectivity index (χ1v) is 8.53. The lowest BCUT2D eigenvalue weighted by Gasteiger charge is -2.48. The summed E-state index contributed by atoms with van der Waals surface area (Å²) in [6, 6.07) is 7.18. The molecule has 1 aromatic carbocycles. The molecule has 2 amide bonds. The minimum Gasteiger partial charge on any atom is -0.489 e. The Morgan fingerprint density at radius 2 is 2.17 bits per heavy atom. The SMILES string of the molecule is C[C@@H](CNC(=O)N1CCOC2(CCC2)C1)Oc1ccc(Cl)cc1. The van der Waals surface area contributed by atoms with E-state index in [9.17, 15) is 4.79 Å². The largest absolute Gasteiger partial charge is 0.489 e. The molecule has 1 atom stereocenters. The maximum atomic E-state index is 12.3. The fourth-order valence-electron chi connectivity index (χ4n) is 3.02. The highest BCUT2D eigenvalue weighted by atomic mass is 35.5. The standard InChI is InChI=1S/C17H23ClN2O3/c1-13(23-15-5-3-14(18)4-6-15)11-19-16(21)20-9-10-22-17(12-20)7-2-8-17/h3-6,13H,2,7-12H2,1H3,(H,19,21)/t13-/m0/s1. The van der Waals surface area contributed by atoms with Gasteiger partial charge in [-0.3, -0.25) is 0 Å². The van der Waals surface area contributed by atoms with Crippen LogP contribution in [0.3, 0.4) is 0 Å². The normalized spacial score (nSPS) is 20.7. The van der Waals surface area contributed by atoms with Crippen molar-refractivity contribution in [3.8, 4) is 5.75 Å². The molecule has 23 heavy (non-hydrogen) atoms. The maximum Gasteiger partial charge on any atom is 0.317 e. The smallest absolute Gasteiger partial charge is 0.317 e. The number of urea groups is 1. The zero-order valence-corrected chi connectivity index (χ0v) is 14.1. The van der Waals surface area contributed by atoms with Gasteiger partial charge in [-0.25, -0.2) is 4.79 Å². The number of rotatable bonds is 4. The van der Waals surface area contributed by atoms with E-state index in [1.54, 1.807) is 12.1 Å². The fraction of sp³-hybridized carbons (Fsp3) is 0.588. The van der Waals surface area contributed by atoms with Crippen LogP contribution < -0.4 is 10.1 Å². The van der Waals surface area contributed by atoms with Gasteiger partial charge in [0.1, 0.15) is 11.9 Å². The van der Waals surface area contributed by atoms with Crippen molar-refractivity contribution in [1.29, 1.82) is 0 Å². The molecule has 6 heteroatoms. The lowest BCUT2D eigenvalue weighted by molar-refractivity contribution is -0.141. The van der Waals surface area contributed by atoms with Gasteiger partial charge in [-0.1, -0.05) is 11.6 Å². The summed E-state index contributed by atoms with van der Waals surface area (Å²) in [6.45, 7) is 4.38. The predicted molar refractivity (Wildman–Crippen MR) is 89.0 cm³/mol. The molecule has 0 radical (unpaired) electrons. The summed E-state index contributed by atoms with van der Waals surface area (Å²) >= 11 is 5.85. The molecule has 1 aliphatic carbocycles. The number of carbonyl (C=O) groups is 1. The van der Waals surface area contributed by atoms with Crippen LogP contribution in [0.4, 0.5) is 4.79 Å². The van der Waals surface area contributed by atoms with Crippen LogP contribution in [-0.4, -0.2) is 48.9 Å². The third-order valence-electron chi connectivity index (χ3n) is 4.49. The zero-order chi connectivity index (χ0) is 16.3. The van der Waals surface area contributed by atoms with Gasteiger partial charge in [0.15, 0.2) is 0 Å². The van der Waals surface area contributed by atoms with Crippen molar-refractivity contribution in [2.24, 2.45) is 0 Å². The maximum absolute atomic E-state index is 12.3. The summed E-state index contributed by atoms with van der Waals surface area (Å²) in [6.07, 6.45) is 3.21. The van der Waals surface area contributed by atoms with Gasteiger partial charge in [-0.05, 0) is 50.5 Å². The Hall–Kier alpha value is -1.46. The Morgan fingerprint density at radius 3 is 2.83 bits per heavy atom. The number of carbonyl (C=O) groups excluding carboxylic acids is 1. The molecule has 1 aliphatic heterocycles. The van der Waals surface area contributed by atoms with Crippen molar-refractivity contribution in [2.75, 3.05) is 26.2 Å². The van der Waals surface area contributed by atoms with Crippen molar-refractivity contribution >= 4 is 17.6 Å². The van der Waals surface area contributed by atoms with Gasteiger partial charge in [0.25, 0.3) is 0 Å². The molecule has 5 nitrogen and oxygen atoms in total. The number of nitrogens with one attached hydrogen (secondary N) is 1. The number of morpholine rings is 1. The van der Waals surface area contributed by atoms with Crippen LogP contribution in [0.15, 0.2) is 24.3 Å². The number of hydrogen-bond donors (Lipinski definition) is 1. The third-order valence-corrected chi connectivity index (χ3v) is 4.74. The first-order valence-electron chi connectivity index (χ1n) is 8.15. The molecule has 126 valence electrons. The lowest BCUT2D eigenvalue weighted by Crippen LogP contribution is -2.59. The van der Waals surface area contributed by atoms with E-state index in [0.717, 1.165) is 18.6 Å². The lowest BCUT2D eigenvalue weighted by atomic mass is 9.79. The minimum absolute atomic E-state index is 0.0360. The van der Waals surface area contributed by atoms with Crippen LogP contribution in [0.5, 0.6) is 5.75 Å². The number of hydrogen-bond acceptors (Lipinski definition) is 3. The topological polar surface area (TPSA) is 50.8 Å².